The molecule has 4 N–H and O–H groups in total. The number of hydrogen-bond acceptors (Lipinski definition) is 2. The maximum atomic E-state index is 12.5. The van der Waals surface area contributed by atoms with Gasteiger partial charge >= 0.3 is 5.92 Å². The maximum Gasteiger partial charge on any atom is 0.307 e. The van der Waals surface area contributed by atoms with Crippen molar-refractivity contribution >= 4 is 0 Å². The lowest BCUT2D eigenvalue weighted by atomic mass is 10.0. The molecule has 0 fully saturated rings. The molecule has 0 bridgehead atoms. The van der Waals surface area contributed by atoms with Gasteiger partial charge in [-0.3, -0.25) is 0 Å². The van der Waals surface area contributed by atoms with E-state index in [9.17, 15) is 17.6 Å². The van der Waals surface area contributed by atoms with Crippen molar-refractivity contribution in [3.63, 3.8) is 0 Å². The molecule has 0 aliphatic heterocycles. The Balaban J connectivity index is 3.20. The Morgan fingerprint density at radius 2 is 1.67 bits per heavy atom. The normalized spacial score (nSPS) is 23.3. The van der Waals surface area contributed by atoms with Crippen molar-refractivity contribution in [2.75, 3.05) is 0 Å². The molecule has 0 spiro atoms. The van der Waals surface area contributed by atoms with Crippen LogP contribution in [-0.4, -0.2) is 5.92 Å². The number of rotatable bonds is 0. The predicted molar refractivity (Wildman–Crippen MR) is 34.2 cm³/mol. The van der Waals surface area contributed by atoms with Gasteiger partial charge in [0.05, 0.1) is 12.1 Å². The van der Waals surface area contributed by atoms with Crippen LogP contribution in [0.15, 0.2) is 23.0 Å². The van der Waals surface area contributed by atoms with Crippen molar-refractivity contribution in [1.82, 2.24) is 0 Å². The highest BCUT2D eigenvalue weighted by Crippen LogP contribution is 2.39. The molecule has 6 heteroatoms. The van der Waals surface area contributed by atoms with Crippen LogP contribution in [0.3, 0.4) is 0 Å². The highest BCUT2D eigenvalue weighted by molar-refractivity contribution is 5.36. The van der Waals surface area contributed by atoms with Crippen molar-refractivity contribution in [3.8, 4) is 0 Å². The monoisotopic (exact) mass is 182 g/mol. The van der Waals surface area contributed by atoms with Crippen LogP contribution in [-0.2, 0) is 0 Å². The molecule has 0 atom stereocenters. The van der Waals surface area contributed by atoms with Gasteiger partial charge in [0, 0.05) is 5.70 Å². The van der Waals surface area contributed by atoms with Gasteiger partial charge in [-0.15, -0.1) is 0 Å². The van der Waals surface area contributed by atoms with E-state index < -0.39 is 35.4 Å². The third-order valence-corrected chi connectivity index (χ3v) is 1.51. The fourth-order valence-corrected chi connectivity index (χ4v) is 0.832. The van der Waals surface area contributed by atoms with Gasteiger partial charge < -0.3 is 11.5 Å². The van der Waals surface area contributed by atoms with Crippen molar-refractivity contribution in [2.45, 2.75) is 12.3 Å². The summed E-state index contributed by atoms with van der Waals surface area (Å²) < 4.78 is 49.7. The molecule has 0 saturated heterocycles. The Bertz CT molecular complexity index is 279. The average molecular weight is 182 g/mol. The summed E-state index contributed by atoms with van der Waals surface area (Å²) in [6, 6.07) is 0. The highest BCUT2D eigenvalue weighted by atomic mass is 19.3. The van der Waals surface area contributed by atoms with Gasteiger partial charge in [-0.2, -0.15) is 8.78 Å². The van der Waals surface area contributed by atoms with Crippen LogP contribution in [0.5, 0.6) is 0 Å². The van der Waals surface area contributed by atoms with E-state index >= 15 is 0 Å². The second-order valence-corrected chi connectivity index (χ2v) is 2.45. The van der Waals surface area contributed by atoms with E-state index in [1.807, 2.05) is 0 Å². The van der Waals surface area contributed by atoms with Gasteiger partial charge in [-0.25, -0.2) is 8.78 Å². The van der Waals surface area contributed by atoms with Crippen LogP contribution in [0.1, 0.15) is 6.42 Å². The summed E-state index contributed by atoms with van der Waals surface area (Å²) in [7, 11) is 0. The topological polar surface area (TPSA) is 52.0 Å². The lowest BCUT2D eigenvalue weighted by molar-refractivity contribution is 0.0117. The fraction of sp³-hybridized carbons (Fsp3) is 0.333. The third kappa shape index (κ3) is 1.13. The van der Waals surface area contributed by atoms with E-state index in [0.717, 1.165) is 0 Å². The molecule has 0 aromatic heterocycles. The number of hydrogen-bond donors (Lipinski definition) is 2. The smallest absolute Gasteiger partial charge is 0.307 e. The Morgan fingerprint density at radius 1 is 1.17 bits per heavy atom. The molecule has 12 heavy (non-hydrogen) atoms. The Labute approximate surface area is 65.5 Å². The quantitative estimate of drug-likeness (QED) is 0.555. The zero-order chi connectivity index (χ0) is 9.52. The Hall–Kier alpha value is -1.20. The second kappa shape index (κ2) is 2.40. The first-order valence-corrected chi connectivity index (χ1v) is 3.04. The predicted octanol–water partition coefficient (Wildman–Crippen LogP) is 1.31. The standard InChI is InChI=1S/C6H6F4N2/c7-3-4(12)2(11)1-6(9,10)5(3)8/h1,11-12H2. The van der Waals surface area contributed by atoms with Crippen molar-refractivity contribution < 1.29 is 17.6 Å². The average Bonchev–Trinajstić information content (AvgIpc) is 1.97. The maximum absolute atomic E-state index is 12.5. The molecule has 1 rings (SSSR count). The Morgan fingerprint density at radius 3 is 2.17 bits per heavy atom. The summed E-state index contributed by atoms with van der Waals surface area (Å²) in [6.07, 6.45) is -1.07. The molecule has 0 radical (unpaired) electrons. The van der Waals surface area contributed by atoms with Crippen molar-refractivity contribution in [3.05, 3.63) is 23.0 Å². The molecule has 2 nitrogen and oxygen atoms in total. The van der Waals surface area contributed by atoms with Crippen LogP contribution < -0.4 is 11.5 Å². The lowest BCUT2D eigenvalue weighted by Gasteiger charge is -2.20. The summed E-state index contributed by atoms with van der Waals surface area (Å²) in [5.74, 6) is -7.77. The second-order valence-electron chi connectivity index (χ2n) is 2.45. The minimum absolute atomic E-state index is 0.529. The van der Waals surface area contributed by atoms with E-state index in [1.165, 1.54) is 0 Å². The summed E-state index contributed by atoms with van der Waals surface area (Å²) in [4.78, 5) is 0. The molecule has 0 amide bonds. The summed E-state index contributed by atoms with van der Waals surface area (Å²) in [5.41, 5.74) is 8.56. The molecule has 68 valence electrons. The summed E-state index contributed by atoms with van der Waals surface area (Å²) in [5, 5.41) is 0. The number of alkyl halides is 2. The van der Waals surface area contributed by atoms with E-state index in [0.29, 0.717) is 0 Å². The van der Waals surface area contributed by atoms with Crippen molar-refractivity contribution in [1.29, 1.82) is 0 Å². The fourth-order valence-electron chi connectivity index (χ4n) is 0.832. The van der Waals surface area contributed by atoms with Gasteiger partial charge in [-0.1, -0.05) is 0 Å². The molecule has 1 aliphatic rings. The molecular weight excluding hydrogens is 176 g/mol. The molecule has 0 aromatic carbocycles. The van der Waals surface area contributed by atoms with Crippen LogP contribution in [0, 0.1) is 0 Å². The minimum Gasteiger partial charge on any atom is -0.400 e. The molecule has 0 aromatic rings. The van der Waals surface area contributed by atoms with E-state index in [1.54, 1.807) is 0 Å². The number of allylic oxidation sites excluding steroid dienone is 3. The summed E-state index contributed by atoms with van der Waals surface area (Å²) >= 11 is 0. The zero-order valence-electron chi connectivity index (χ0n) is 5.87. The van der Waals surface area contributed by atoms with Crippen LogP contribution in [0.4, 0.5) is 17.6 Å². The van der Waals surface area contributed by atoms with E-state index in [2.05, 4.69) is 0 Å². The van der Waals surface area contributed by atoms with Gasteiger partial charge in [0.15, 0.2) is 5.83 Å². The lowest BCUT2D eigenvalue weighted by Crippen LogP contribution is -2.29. The van der Waals surface area contributed by atoms with Gasteiger partial charge in [0.2, 0.25) is 5.83 Å². The van der Waals surface area contributed by atoms with E-state index in [-0.39, 0.29) is 0 Å². The Kier molecular flexibility index (Phi) is 1.78. The van der Waals surface area contributed by atoms with Gasteiger partial charge in [-0.05, 0) is 0 Å². The SMILES string of the molecule is NC1=C(N)C(F)=C(F)C(F)(F)C1. The molecule has 0 heterocycles. The van der Waals surface area contributed by atoms with Gasteiger partial charge in [0.25, 0.3) is 0 Å². The van der Waals surface area contributed by atoms with Crippen LogP contribution in [0.2, 0.25) is 0 Å². The summed E-state index contributed by atoms with van der Waals surface area (Å²) in [6.45, 7) is 0. The highest BCUT2D eigenvalue weighted by Gasteiger charge is 2.43. The van der Waals surface area contributed by atoms with Crippen LogP contribution >= 0.6 is 0 Å². The van der Waals surface area contributed by atoms with Crippen molar-refractivity contribution in [2.24, 2.45) is 11.5 Å². The largest absolute Gasteiger partial charge is 0.400 e. The number of nitrogens with two attached hydrogens (primary N) is 2. The molecule has 1 aliphatic carbocycles. The molecule has 0 unspecified atom stereocenters. The molecule has 0 saturated carbocycles. The van der Waals surface area contributed by atoms with Crippen LogP contribution in [0.25, 0.3) is 0 Å². The first-order chi connectivity index (χ1) is 5.36. The third-order valence-electron chi connectivity index (χ3n) is 1.51. The minimum atomic E-state index is -3.86. The first-order valence-electron chi connectivity index (χ1n) is 3.04. The van der Waals surface area contributed by atoms with Gasteiger partial charge in [0.1, 0.15) is 0 Å². The number of halogens is 4. The molecular formula is C6H6F4N2. The first kappa shape index (κ1) is 8.89. The zero-order valence-corrected chi connectivity index (χ0v) is 5.87. The van der Waals surface area contributed by atoms with E-state index in [4.69, 9.17) is 11.5 Å².